The number of unbranched alkanes of at least 4 members (excludes halogenated alkanes) is 9. The van der Waals surface area contributed by atoms with Crippen LogP contribution in [-0.4, -0.2) is 118 Å². The highest BCUT2D eigenvalue weighted by Gasteiger charge is 2.20. The molecule has 1 rings (SSSR count). The second-order valence-corrected chi connectivity index (χ2v) is 14.6. The highest BCUT2D eigenvalue weighted by atomic mass is 16.5. The lowest BCUT2D eigenvalue weighted by Crippen LogP contribution is -2.41. The minimum absolute atomic E-state index is 0.0317. The monoisotopic (exact) mass is 822 g/mol. The Labute approximate surface area is 344 Å². The highest BCUT2D eigenvalue weighted by molar-refractivity contribution is 5.84. The number of carbonyl (C=O) groups is 6. The lowest BCUT2D eigenvalue weighted by Gasteiger charge is -2.14. The maximum absolute atomic E-state index is 12.3. The summed E-state index contributed by atoms with van der Waals surface area (Å²) in [6.07, 6.45) is 11.0. The van der Waals surface area contributed by atoms with E-state index in [9.17, 15) is 33.9 Å². The van der Waals surface area contributed by atoms with Gasteiger partial charge >= 0.3 is 11.9 Å². The van der Waals surface area contributed by atoms with E-state index in [1.165, 1.54) is 5.56 Å². The Morgan fingerprint density at radius 1 is 0.534 bits per heavy atom. The zero-order chi connectivity index (χ0) is 42.6. The van der Waals surface area contributed by atoms with Gasteiger partial charge in [0.25, 0.3) is 0 Å². The minimum atomic E-state index is -1.19. The van der Waals surface area contributed by atoms with Crippen molar-refractivity contribution in [2.24, 2.45) is 5.92 Å². The number of nitrogens with one attached hydrogen (secondary N) is 4. The largest absolute Gasteiger partial charge is 0.481 e. The first kappa shape index (κ1) is 51.9. The van der Waals surface area contributed by atoms with Crippen LogP contribution in [0.15, 0.2) is 24.3 Å². The van der Waals surface area contributed by atoms with Crippen molar-refractivity contribution in [3.8, 4) is 0 Å². The smallest absolute Gasteiger partial charge is 0.326 e. The average Bonchev–Trinajstić information content (AvgIpc) is 3.18. The van der Waals surface area contributed by atoms with Gasteiger partial charge in [-0.2, -0.15) is 0 Å². The fourth-order valence-corrected chi connectivity index (χ4v) is 5.73. The second kappa shape index (κ2) is 34.9. The summed E-state index contributed by atoms with van der Waals surface area (Å²) >= 11 is 0. The van der Waals surface area contributed by atoms with Gasteiger partial charge in [-0.1, -0.05) is 89.5 Å². The lowest BCUT2D eigenvalue weighted by molar-refractivity contribution is -0.142. The van der Waals surface area contributed by atoms with E-state index in [2.05, 4.69) is 47.2 Å². The van der Waals surface area contributed by atoms with Gasteiger partial charge in [-0.25, -0.2) is 4.79 Å². The molecule has 0 saturated carbocycles. The molecule has 1 unspecified atom stereocenters. The van der Waals surface area contributed by atoms with Gasteiger partial charge in [0.1, 0.15) is 19.3 Å². The van der Waals surface area contributed by atoms with Crippen molar-refractivity contribution in [1.29, 1.82) is 0 Å². The van der Waals surface area contributed by atoms with Crippen LogP contribution in [0.25, 0.3) is 0 Å². The molecule has 0 aromatic heterocycles. The predicted octanol–water partition coefficient (Wildman–Crippen LogP) is 3.92. The number of ether oxygens (including phenoxy) is 4. The third-order valence-corrected chi connectivity index (χ3v) is 8.84. The number of rotatable bonds is 38. The number of carbonyl (C=O) groups excluding carboxylic acids is 4. The standard InChI is InChI=1S/C42H70N4O12/c1-33(2)29-34-15-17-35(18-16-34)30-45-40(50)32-58-28-26-56-24-22-44-39(49)31-57-27-25-55-23-21-43-37(47)20-19-36(42(53)54)46-38(48)13-11-9-7-5-3-4-6-8-10-12-14-41(51)52/h15-18,33,36H,3-14,19-32H2,1-2H3,(H,43,47)(H,44,49)(H,45,50)(H,46,48)(H,51,52)(H,53,54). The lowest BCUT2D eigenvalue weighted by atomic mass is 10.0. The molecule has 0 fully saturated rings. The Kier molecular flexibility index (Phi) is 31.2. The normalized spacial score (nSPS) is 11.6. The molecule has 4 amide bonds. The van der Waals surface area contributed by atoms with Crippen molar-refractivity contribution in [3.63, 3.8) is 0 Å². The molecule has 6 N–H and O–H groups in total. The summed E-state index contributed by atoms with van der Waals surface area (Å²) in [6.45, 7) is 6.46. The summed E-state index contributed by atoms with van der Waals surface area (Å²) in [5, 5.41) is 28.8. The van der Waals surface area contributed by atoms with Crippen LogP contribution >= 0.6 is 0 Å². The van der Waals surface area contributed by atoms with Crippen molar-refractivity contribution >= 4 is 35.6 Å². The first-order chi connectivity index (χ1) is 28.0. The van der Waals surface area contributed by atoms with E-state index in [1.54, 1.807) is 0 Å². The Morgan fingerprint density at radius 3 is 1.52 bits per heavy atom. The Bertz CT molecular complexity index is 1300. The molecule has 330 valence electrons. The van der Waals surface area contributed by atoms with Crippen molar-refractivity contribution in [2.75, 3.05) is 65.9 Å². The van der Waals surface area contributed by atoms with Gasteiger partial charge in [0, 0.05) is 38.9 Å². The molecule has 58 heavy (non-hydrogen) atoms. The Hall–Kier alpha value is -4.12. The molecule has 1 aromatic carbocycles. The molecule has 16 nitrogen and oxygen atoms in total. The highest BCUT2D eigenvalue weighted by Crippen LogP contribution is 2.13. The van der Waals surface area contributed by atoms with E-state index < -0.39 is 18.0 Å². The van der Waals surface area contributed by atoms with Gasteiger partial charge < -0.3 is 50.4 Å². The van der Waals surface area contributed by atoms with Crippen LogP contribution in [0.2, 0.25) is 0 Å². The van der Waals surface area contributed by atoms with Crippen LogP contribution in [0.4, 0.5) is 0 Å². The maximum Gasteiger partial charge on any atom is 0.326 e. The van der Waals surface area contributed by atoms with Gasteiger partial charge in [0.15, 0.2) is 0 Å². The fraction of sp³-hybridized carbons (Fsp3) is 0.714. The molecule has 0 bridgehead atoms. The average molecular weight is 823 g/mol. The minimum Gasteiger partial charge on any atom is -0.481 e. The van der Waals surface area contributed by atoms with Gasteiger partial charge in [-0.3, -0.25) is 24.0 Å². The van der Waals surface area contributed by atoms with Gasteiger partial charge in [0.2, 0.25) is 23.6 Å². The van der Waals surface area contributed by atoms with E-state index in [-0.39, 0.29) is 115 Å². The molecule has 1 atom stereocenters. The van der Waals surface area contributed by atoms with E-state index >= 15 is 0 Å². The number of carboxylic acids is 2. The molecule has 0 aliphatic rings. The molecule has 0 aliphatic heterocycles. The van der Waals surface area contributed by atoms with Crippen LogP contribution in [0.5, 0.6) is 0 Å². The zero-order valence-corrected chi connectivity index (χ0v) is 34.8. The summed E-state index contributed by atoms with van der Waals surface area (Å²) in [6, 6.07) is 7.06. The number of aliphatic carboxylic acids is 2. The summed E-state index contributed by atoms with van der Waals surface area (Å²) in [5.74, 6) is -2.56. The van der Waals surface area contributed by atoms with Crippen molar-refractivity contribution in [2.45, 2.75) is 123 Å². The Balaban J connectivity index is 1.93. The van der Waals surface area contributed by atoms with Gasteiger partial charge in [0.05, 0.1) is 39.6 Å². The zero-order valence-electron chi connectivity index (χ0n) is 34.8. The van der Waals surface area contributed by atoms with Crippen LogP contribution in [0.1, 0.15) is 115 Å². The molecule has 0 radical (unpaired) electrons. The summed E-state index contributed by atoms with van der Waals surface area (Å²) < 4.78 is 21.4. The van der Waals surface area contributed by atoms with Crippen molar-refractivity contribution in [1.82, 2.24) is 21.3 Å². The van der Waals surface area contributed by atoms with E-state index in [0.717, 1.165) is 69.8 Å². The maximum atomic E-state index is 12.3. The number of carboxylic acid groups (broad SMARTS) is 2. The quantitative estimate of drug-likeness (QED) is 0.0522. The number of hydrogen-bond donors (Lipinski definition) is 6. The van der Waals surface area contributed by atoms with Crippen LogP contribution < -0.4 is 21.3 Å². The predicted molar refractivity (Wildman–Crippen MR) is 218 cm³/mol. The van der Waals surface area contributed by atoms with E-state index in [1.807, 2.05) is 12.1 Å². The molecule has 0 aliphatic carbocycles. The molecular formula is C42H70N4O12. The van der Waals surface area contributed by atoms with Crippen molar-refractivity contribution < 1.29 is 57.9 Å². The third-order valence-electron chi connectivity index (χ3n) is 8.84. The molecule has 0 heterocycles. The second-order valence-electron chi connectivity index (χ2n) is 14.6. The van der Waals surface area contributed by atoms with Crippen LogP contribution in [0, 0.1) is 5.92 Å². The van der Waals surface area contributed by atoms with E-state index in [0.29, 0.717) is 18.9 Å². The third kappa shape index (κ3) is 31.9. The molecule has 0 spiro atoms. The molecular weight excluding hydrogens is 752 g/mol. The first-order valence-electron chi connectivity index (χ1n) is 20.9. The summed E-state index contributed by atoms with van der Waals surface area (Å²) in [5.41, 5.74) is 2.30. The topological polar surface area (TPSA) is 228 Å². The number of amides is 4. The number of hydrogen-bond acceptors (Lipinski definition) is 10. The summed E-state index contributed by atoms with van der Waals surface area (Å²) in [4.78, 5) is 70.5. The Morgan fingerprint density at radius 2 is 1.00 bits per heavy atom. The van der Waals surface area contributed by atoms with Crippen LogP contribution in [0.3, 0.4) is 0 Å². The summed E-state index contributed by atoms with van der Waals surface area (Å²) in [7, 11) is 0. The SMILES string of the molecule is CC(C)Cc1ccc(CNC(=O)COCCOCCNC(=O)COCCOCCNC(=O)CCC(NC(=O)CCCCCCCCCCCCC(=O)O)C(=O)O)cc1. The van der Waals surface area contributed by atoms with Crippen LogP contribution in [-0.2, 0) is 60.7 Å². The van der Waals surface area contributed by atoms with E-state index in [4.69, 9.17) is 24.1 Å². The fourth-order valence-electron chi connectivity index (χ4n) is 5.73. The van der Waals surface area contributed by atoms with Gasteiger partial charge in [-0.05, 0) is 42.7 Å². The van der Waals surface area contributed by atoms with Crippen molar-refractivity contribution in [3.05, 3.63) is 35.4 Å². The first-order valence-corrected chi connectivity index (χ1v) is 20.9. The molecule has 1 aromatic rings. The van der Waals surface area contributed by atoms with Gasteiger partial charge in [-0.15, -0.1) is 0 Å². The molecule has 0 saturated heterocycles. The molecule has 16 heteroatoms. The number of benzene rings is 1.